The van der Waals surface area contributed by atoms with Crippen LogP contribution >= 0.6 is 50.1 Å². The number of methoxy groups -OCH3 is 6. The van der Waals surface area contributed by atoms with Gasteiger partial charge in [-0.3, -0.25) is 31.9 Å². The fourth-order valence-corrected chi connectivity index (χ4v) is 14.1. The fraction of sp³-hybridized carbons (Fsp3) is 0.243. The lowest BCUT2D eigenvalue weighted by Crippen LogP contribution is -2.14. The van der Waals surface area contributed by atoms with Gasteiger partial charge in [0.1, 0.15) is 80.0 Å². The maximum atomic E-state index is 14.0. The van der Waals surface area contributed by atoms with Crippen LogP contribution in [0.2, 0.25) is 5.02 Å². The van der Waals surface area contributed by atoms with Gasteiger partial charge in [0.05, 0.1) is 110 Å². The number of amides is 6. The third-order valence-corrected chi connectivity index (χ3v) is 22.2. The number of rotatable bonds is 30. The summed E-state index contributed by atoms with van der Waals surface area (Å²) in [6.45, 7) is 12.0. The average Bonchev–Trinajstić information content (AvgIpc) is 0.833. The van der Waals surface area contributed by atoms with Crippen molar-refractivity contribution in [3.05, 3.63) is 349 Å². The van der Waals surface area contributed by atoms with Crippen LogP contribution in [-0.4, -0.2) is 79.2 Å². The predicted octanol–water partition coefficient (Wildman–Crippen LogP) is 30.6. The van der Waals surface area contributed by atoms with Crippen LogP contribution in [0.1, 0.15) is 144 Å². The van der Waals surface area contributed by atoms with Gasteiger partial charge in [-0.15, -0.1) is 0 Å². The molecule has 0 spiro atoms. The number of halogens is 16. The Labute approximate surface area is 843 Å². The first-order valence-corrected chi connectivity index (χ1v) is 44.8. The molecule has 0 aliphatic rings. The standard InChI is InChI=1S/C18H19F2NO3.C17H16BrF2NO3.C17H16ClF2NO3.C17H16F3NO3.C17H16F2INO3.C17H17F2NO3/c1-11-7-8-16(13(9-11)17(19)20)24-10-14-12(2)5-4-6-15(14)21-18(22)23-3;3*1-10-6-7-15(11(8-10)16(19)20)24-9-12-13(18)4-3-5-14(12)21-17(22)23-2;1-10-6-7-15(11(8-10)16(18)19)24-9-12-13(20)4-3-5-14(12)21-17(22)23-2;1-11-7-8-15(13(9-11)16(18)19)23-10-12-5-3-4-6-14(12)20-17(21)22-2/h4-9,17H,10H2,1-3H3,(H,21,22);4*3-8,16H,9H2,1-2H3,(H,21,22);3-9,16H,10H2,1-2H3,(H,20,21). The molecule has 0 heterocycles. The Balaban J connectivity index is 0.000000233. The van der Waals surface area contributed by atoms with E-state index in [0.29, 0.717) is 76.9 Å². The van der Waals surface area contributed by atoms with Crippen LogP contribution in [0.3, 0.4) is 0 Å². The summed E-state index contributed by atoms with van der Waals surface area (Å²) in [5.74, 6) is -0.118. The monoisotopic (exact) mass is 2200 g/mol. The summed E-state index contributed by atoms with van der Waals surface area (Å²) in [7, 11) is 7.45. The van der Waals surface area contributed by atoms with Gasteiger partial charge in [0.15, 0.2) is 0 Å². The molecule has 6 N–H and O–H groups in total. The third kappa shape index (κ3) is 36.6. The molecule has 762 valence electrons. The molecule has 0 unspecified atom stereocenters. The second-order valence-corrected chi connectivity index (χ2v) is 32.7. The summed E-state index contributed by atoms with van der Waals surface area (Å²) >= 11 is 11.6. The molecule has 12 rings (SSSR count). The minimum absolute atomic E-state index is 0.00350. The lowest BCUT2D eigenvalue weighted by Gasteiger charge is -2.16. The van der Waals surface area contributed by atoms with Gasteiger partial charge in [0, 0.05) is 46.4 Å². The summed E-state index contributed by atoms with van der Waals surface area (Å²) in [6, 6.07) is 59.1. The van der Waals surface area contributed by atoms with Crippen molar-refractivity contribution in [2.45, 2.75) is 127 Å². The van der Waals surface area contributed by atoms with Crippen molar-refractivity contribution in [3.8, 4) is 34.5 Å². The summed E-state index contributed by atoms with van der Waals surface area (Å²) in [5, 5.41) is 15.5. The molecule has 0 atom stereocenters. The Morgan fingerprint density at radius 3 is 0.874 bits per heavy atom. The lowest BCUT2D eigenvalue weighted by molar-refractivity contribution is 0.143. The number of nitrogens with one attached hydrogen (secondary N) is 6. The van der Waals surface area contributed by atoms with E-state index in [1.165, 1.54) is 134 Å². The highest BCUT2D eigenvalue weighted by Crippen LogP contribution is 2.40. The zero-order valence-electron chi connectivity index (χ0n) is 79.0. The Hall–Kier alpha value is -14.4. The molecule has 0 aromatic heterocycles. The van der Waals surface area contributed by atoms with Crippen LogP contribution in [0.25, 0.3) is 0 Å². The van der Waals surface area contributed by atoms with Crippen LogP contribution in [0.4, 0.5) is 120 Å². The molecule has 0 aliphatic carbocycles. The van der Waals surface area contributed by atoms with Gasteiger partial charge in [-0.25, -0.2) is 85.8 Å². The molecule has 143 heavy (non-hydrogen) atoms. The molecule has 24 nitrogen and oxygen atoms in total. The first-order chi connectivity index (χ1) is 68.1. The molecular formula is C103H100BrClF13IN6O18. The van der Waals surface area contributed by atoms with Crippen LogP contribution in [0.5, 0.6) is 34.5 Å². The van der Waals surface area contributed by atoms with E-state index in [0.717, 1.165) is 31.4 Å². The molecule has 0 saturated heterocycles. The largest absolute Gasteiger partial charge is 0.488 e. The summed E-state index contributed by atoms with van der Waals surface area (Å²) in [4.78, 5) is 68.3. The van der Waals surface area contributed by atoms with E-state index in [9.17, 15) is 85.8 Å². The summed E-state index contributed by atoms with van der Waals surface area (Å²) in [6.07, 6.45) is -19.8. The Morgan fingerprint density at radius 2 is 0.531 bits per heavy atom. The maximum Gasteiger partial charge on any atom is 0.411 e. The topological polar surface area (TPSA) is 285 Å². The van der Waals surface area contributed by atoms with E-state index in [4.69, 9.17) is 40.0 Å². The molecule has 12 aromatic rings. The van der Waals surface area contributed by atoms with Gasteiger partial charge >= 0.3 is 36.6 Å². The summed E-state index contributed by atoms with van der Waals surface area (Å²) in [5.41, 5.74) is 9.81. The number of ether oxygens (including phenoxy) is 12. The first-order valence-electron chi connectivity index (χ1n) is 42.6. The minimum atomic E-state index is -2.71. The van der Waals surface area contributed by atoms with Crippen molar-refractivity contribution >= 4 is 121 Å². The number of aryl methyl sites for hydroxylation is 7. The smallest absolute Gasteiger partial charge is 0.411 e. The minimum Gasteiger partial charge on any atom is -0.488 e. The normalized spacial score (nSPS) is 10.6. The number of para-hydroxylation sites is 1. The maximum absolute atomic E-state index is 14.0. The van der Waals surface area contributed by atoms with Crippen molar-refractivity contribution in [1.82, 2.24) is 0 Å². The molecular weight excluding hydrogens is 2100 g/mol. The van der Waals surface area contributed by atoms with Gasteiger partial charge < -0.3 is 56.8 Å². The van der Waals surface area contributed by atoms with Crippen molar-refractivity contribution in [3.63, 3.8) is 0 Å². The number of hydrogen-bond donors (Lipinski definition) is 6. The highest BCUT2D eigenvalue weighted by molar-refractivity contribution is 14.1. The molecule has 0 radical (unpaired) electrons. The third-order valence-electron chi connectivity index (χ3n) is 20.1. The molecule has 12 aromatic carbocycles. The quantitative estimate of drug-likeness (QED) is 0.0139. The molecule has 6 amide bonds. The van der Waals surface area contributed by atoms with Crippen molar-refractivity contribution in [1.29, 1.82) is 0 Å². The lowest BCUT2D eigenvalue weighted by atomic mass is 10.1. The average molecular weight is 2200 g/mol. The zero-order valence-corrected chi connectivity index (χ0v) is 83.5. The van der Waals surface area contributed by atoms with E-state index < -0.39 is 80.9 Å². The van der Waals surface area contributed by atoms with E-state index in [-0.39, 0.29) is 119 Å². The van der Waals surface area contributed by atoms with E-state index in [1.807, 2.05) is 19.1 Å². The van der Waals surface area contributed by atoms with Gasteiger partial charge in [-0.1, -0.05) is 152 Å². The molecule has 0 aliphatic heterocycles. The van der Waals surface area contributed by atoms with Crippen LogP contribution in [0.15, 0.2) is 229 Å². The Bertz CT molecular complexity index is 5580. The first kappa shape index (κ1) is 116. The number of carbonyl (C=O) groups excluding carboxylic acids is 6. The van der Waals surface area contributed by atoms with Crippen LogP contribution in [-0.2, 0) is 68.1 Å². The highest BCUT2D eigenvalue weighted by Gasteiger charge is 2.25. The van der Waals surface area contributed by atoms with Crippen LogP contribution in [0, 0.1) is 57.9 Å². The van der Waals surface area contributed by atoms with Crippen molar-refractivity contribution < 1.29 is 143 Å². The predicted molar refractivity (Wildman–Crippen MR) is 528 cm³/mol. The number of alkyl halides is 12. The van der Waals surface area contributed by atoms with E-state index >= 15 is 0 Å². The van der Waals surface area contributed by atoms with Crippen molar-refractivity contribution in [2.75, 3.05) is 74.6 Å². The molecule has 0 fully saturated rings. The number of hydrogen-bond acceptors (Lipinski definition) is 18. The Kier molecular flexibility index (Phi) is 47.0. The number of benzene rings is 12. The zero-order chi connectivity index (χ0) is 105. The highest BCUT2D eigenvalue weighted by atomic mass is 127. The number of carbonyl (C=O) groups is 6. The second kappa shape index (κ2) is 58.1. The summed E-state index contributed by atoms with van der Waals surface area (Å²) < 4.78 is 234. The molecule has 40 heteroatoms. The SMILES string of the molecule is COC(=O)Nc1cccc(Br)c1COc1ccc(C)cc1C(F)F.COC(=O)Nc1cccc(C)c1COc1ccc(C)cc1C(F)F.COC(=O)Nc1cccc(Cl)c1COc1ccc(C)cc1C(F)F.COC(=O)Nc1cccc(F)c1COc1ccc(C)cc1C(F)F.COC(=O)Nc1cccc(I)c1COc1ccc(C)cc1C(F)F.COC(=O)Nc1ccccc1COc1ccc(C)cc1C(F)F. The second-order valence-electron chi connectivity index (χ2n) is 30.3. The van der Waals surface area contributed by atoms with E-state index in [2.05, 4.69) is 98.8 Å². The van der Waals surface area contributed by atoms with Gasteiger partial charge in [0.2, 0.25) is 0 Å². The van der Waals surface area contributed by atoms with Gasteiger partial charge in [0.25, 0.3) is 38.6 Å². The Morgan fingerprint density at radius 1 is 0.287 bits per heavy atom. The van der Waals surface area contributed by atoms with E-state index in [1.54, 1.807) is 163 Å². The number of anilines is 6. The molecule has 0 saturated carbocycles. The fourth-order valence-electron chi connectivity index (χ4n) is 12.8. The van der Waals surface area contributed by atoms with Gasteiger partial charge in [-0.05, 0) is 210 Å². The molecule has 0 bridgehead atoms. The van der Waals surface area contributed by atoms with Crippen LogP contribution < -0.4 is 60.3 Å². The van der Waals surface area contributed by atoms with Gasteiger partial charge in [-0.2, -0.15) is 0 Å². The van der Waals surface area contributed by atoms with Crippen molar-refractivity contribution in [2.24, 2.45) is 0 Å².